The Kier molecular flexibility index (Phi) is 6.23. The number of nitrogens with zero attached hydrogens (tertiary/aromatic N) is 3. The van der Waals surface area contributed by atoms with Crippen molar-refractivity contribution in [2.75, 3.05) is 19.7 Å². The zero-order valence-corrected chi connectivity index (χ0v) is 16.4. The third-order valence-corrected chi connectivity index (χ3v) is 4.92. The summed E-state index contributed by atoms with van der Waals surface area (Å²) in [6, 6.07) is 7.25. The van der Waals surface area contributed by atoms with Gasteiger partial charge in [0.1, 0.15) is 0 Å². The van der Waals surface area contributed by atoms with Crippen molar-refractivity contribution in [1.82, 2.24) is 19.4 Å². The van der Waals surface area contributed by atoms with Gasteiger partial charge >= 0.3 is 11.8 Å². The third-order valence-electron chi connectivity index (χ3n) is 4.67. The van der Waals surface area contributed by atoms with Gasteiger partial charge in [-0.15, -0.1) is 0 Å². The van der Waals surface area contributed by atoms with Crippen LogP contribution in [0.1, 0.15) is 25.5 Å². The van der Waals surface area contributed by atoms with Crippen LogP contribution in [-0.2, 0) is 11.4 Å². The molecule has 1 saturated heterocycles. The summed E-state index contributed by atoms with van der Waals surface area (Å²) in [6.07, 6.45) is 3.35. The second-order valence-electron chi connectivity index (χ2n) is 6.76. The highest BCUT2D eigenvalue weighted by atomic mass is 35.5. The average molecular weight is 393 g/mol. The first-order valence-electron chi connectivity index (χ1n) is 9.18. The van der Waals surface area contributed by atoms with Gasteiger partial charge in [-0.1, -0.05) is 11.6 Å². The zero-order valence-electron chi connectivity index (χ0n) is 15.7. The number of carbonyl (C=O) groups excluding carboxylic acids is 1. The van der Waals surface area contributed by atoms with Gasteiger partial charge in [-0.3, -0.25) is 14.0 Å². The monoisotopic (exact) mass is 392 g/mol. The molecular formula is C19H25ClN4O3. The van der Waals surface area contributed by atoms with Crippen LogP contribution in [0.4, 0.5) is 4.79 Å². The fourth-order valence-electron chi connectivity index (χ4n) is 3.48. The van der Waals surface area contributed by atoms with E-state index in [0.29, 0.717) is 24.8 Å². The summed E-state index contributed by atoms with van der Waals surface area (Å²) in [4.78, 5) is 26.7. The maximum atomic E-state index is 12.9. The topological polar surface area (TPSA) is 68.5 Å². The van der Waals surface area contributed by atoms with E-state index in [4.69, 9.17) is 16.3 Å². The minimum Gasteiger partial charge on any atom is -0.450 e. The standard InChI is InChI=1S/C19H25ClN4O3/c1-3-27-18(25)21-16-5-4-10-22(12-16)13-23-11-14(2)24(19(23)26)17-8-6-15(20)7-9-17/h6-9,11,16H,3-5,10,12-13H2,1-2H3,(H,21,25). The van der Waals surface area contributed by atoms with Gasteiger partial charge in [-0.2, -0.15) is 0 Å². The number of rotatable bonds is 5. The molecule has 1 N–H and O–H groups in total. The van der Waals surface area contributed by atoms with Crippen LogP contribution in [0.25, 0.3) is 5.69 Å². The predicted octanol–water partition coefficient (Wildman–Crippen LogP) is 2.77. The van der Waals surface area contributed by atoms with Gasteiger partial charge in [0, 0.05) is 29.5 Å². The lowest BCUT2D eigenvalue weighted by molar-refractivity contribution is 0.123. The lowest BCUT2D eigenvalue weighted by Gasteiger charge is -2.32. The van der Waals surface area contributed by atoms with Gasteiger partial charge in [-0.25, -0.2) is 9.59 Å². The Morgan fingerprint density at radius 1 is 1.33 bits per heavy atom. The summed E-state index contributed by atoms with van der Waals surface area (Å²) in [6.45, 7) is 6.12. The Hall–Kier alpha value is -2.25. The molecule has 0 spiro atoms. The number of alkyl carbamates (subject to hydrolysis) is 1. The molecule has 1 unspecified atom stereocenters. The summed E-state index contributed by atoms with van der Waals surface area (Å²) >= 11 is 5.94. The summed E-state index contributed by atoms with van der Waals surface area (Å²) in [5, 5.41) is 3.53. The maximum absolute atomic E-state index is 12.9. The number of hydrogen-bond acceptors (Lipinski definition) is 4. The van der Waals surface area contributed by atoms with Gasteiger partial charge in [0.05, 0.1) is 19.0 Å². The van der Waals surface area contributed by atoms with Crippen LogP contribution in [0.3, 0.4) is 0 Å². The van der Waals surface area contributed by atoms with Crippen LogP contribution < -0.4 is 11.0 Å². The van der Waals surface area contributed by atoms with Crippen LogP contribution in [0.2, 0.25) is 5.02 Å². The minimum atomic E-state index is -0.383. The van der Waals surface area contributed by atoms with Gasteiger partial charge in [0.15, 0.2) is 0 Å². The molecule has 146 valence electrons. The second-order valence-corrected chi connectivity index (χ2v) is 7.19. The smallest absolute Gasteiger partial charge is 0.407 e. The molecule has 0 saturated carbocycles. The summed E-state index contributed by atoms with van der Waals surface area (Å²) in [7, 11) is 0. The first kappa shape index (κ1) is 19.5. The van der Waals surface area contributed by atoms with E-state index in [-0.39, 0.29) is 17.8 Å². The van der Waals surface area contributed by atoms with E-state index in [1.54, 1.807) is 28.2 Å². The number of nitrogens with one attached hydrogen (secondary N) is 1. The van der Waals surface area contributed by atoms with Crippen molar-refractivity contribution in [2.45, 2.75) is 39.4 Å². The second kappa shape index (κ2) is 8.63. The molecule has 1 aliphatic rings. The molecule has 0 radical (unpaired) electrons. The Labute approximate surface area is 163 Å². The molecule has 1 fully saturated rings. The Balaban J connectivity index is 1.71. The number of hydrogen-bond donors (Lipinski definition) is 1. The van der Waals surface area contributed by atoms with E-state index >= 15 is 0 Å². The molecule has 3 rings (SSSR count). The number of benzene rings is 1. The molecule has 7 nitrogen and oxygen atoms in total. The van der Waals surface area contributed by atoms with Crippen molar-refractivity contribution in [2.24, 2.45) is 0 Å². The number of piperidine rings is 1. The molecule has 1 aliphatic heterocycles. The maximum Gasteiger partial charge on any atom is 0.407 e. The minimum absolute atomic E-state index is 0.0351. The van der Waals surface area contributed by atoms with Crippen LogP contribution in [0.15, 0.2) is 35.3 Å². The largest absolute Gasteiger partial charge is 0.450 e. The van der Waals surface area contributed by atoms with E-state index in [0.717, 1.165) is 30.8 Å². The van der Waals surface area contributed by atoms with E-state index in [9.17, 15) is 9.59 Å². The van der Waals surface area contributed by atoms with Gasteiger partial charge in [0.2, 0.25) is 0 Å². The zero-order chi connectivity index (χ0) is 19.4. The fraction of sp³-hybridized carbons (Fsp3) is 0.474. The van der Waals surface area contributed by atoms with Gasteiger partial charge < -0.3 is 10.1 Å². The molecule has 1 aromatic carbocycles. The first-order chi connectivity index (χ1) is 13.0. The predicted molar refractivity (Wildman–Crippen MR) is 105 cm³/mol. The average Bonchev–Trinajstić information content (AvgIpc) is 2.90. The van der Waals surface area contributed by atoms with Crippen molar-refractivity contribution in [3.63, 3.8) is 0 Å². The molecule has 1 amide bonds. The van der Waals surface area contributed by atoms with E-state index in [1.807, 2.05) is 25.3 Å². The molecule has 27 heavy (non-hydrogen) atoms. The van der Waals surface area contributed by atoms with Crippen molar-refractivity contribution in [1.29, 1.82) is 0 Å². The highest BCUT2D eigenvalue weighted by Gasteiger charge is 2.23. The molecule has 8 heteroatoms. The number of halogens is 1. The Bertz CT molecular complexity index is 844. The number of aryl methyl sites for hydroxylation is 1. The third kappa shape index (κ3) is 4.73. The molecule has 1 aromatic heterocycles. The highest BCUT2D eigenvalue weighted by Crippen LogP contribution is 2.15. The van der Waals surface area contributed by atoms with Crippen LogP contribution in [-0.4, -0.2) is 45.9 Å². The number of aromatic nitrogens is 2. The first-order valence-corrected chi connectivity index (χ1v) is 9.56. The van der Waals surface area contributed by atoms with Crippen molar-refractivity contribution < 1.29 is 9.53 Å². The van der Waals surface area contributed by atoms with Crippen molar-refractivity contribution in [3.8, 4) is 5.69 Å². The van der Waals surface area contributed by atoms with E-state index in [1.165, 1.54) is 0 Å². The Morgan fingerprint density at radius 2 is 2.07 bits per heavy atom. The van der Waals surface area contributed by atoms with Crippen molar-refractivity contribution in [3.05, 3.63) is 51.7 Å². The number of imidazole rings is 1. The molecule has 2 heterocycles. The Morgan fingerprint density at radius 3 is 2.78 bits per heavy atom. The van der Waals surface area contributed by atoms with E-state index in [2.05, 4.69) is 10.2 Å². The van der Waals surface area contributed by atoms with Gasteiger partial charge in [-0.05, 0) is 57.5 Å². The van der Waals surface area contributed by atoms with Crippen LogP contribution in [0, 0.1) is 6.92 Å². The van der Waals surface area contributed by atoms with Crippen molar-refractivity contribution >= 4 is 17.7 Å². The molecule has 1 atom stereocenters. The van der Waals surface area contributed by atoms with E-state index < -0.39 is 0 Å². The van der Waals surface area contributed by atoms with Crippen LogP contribution >= 0.6 is 11.6 Å². The number of ether oxygens (including phenoxy) is 1. The molecular weight excluding hydrogens is 368 g/mol. The summed E-state index contributed by atoms with van der Waals surface area (Å²) in [5.41, 5.74) is 1.57. The molecule has 0 aliphatic carbocycles. The number of likely N-dealkylation sites (tertiary alicyclic amines) is 1. The SMILES string of the molecule is CCOC(=O)NC1CCCN(Cn2cc(C)n(-c3ccc(Cl)cc3)c2=O)C1. The van der Waals surface area contributed by atoms with Gasteiger partial charge in [0.25, 0.3) is 0 Å². The molecule has 0 bridgehead atoms. The number of amides is 1. The molecule has 2 aromatic rings. The van der Waals surface area contributed by atoms with Crippen LogP contribution in [0.5, 0.6) is 0 Å². The number of carbonyl (C=O) groups is 1. The summed E-state index contributed by atoms with van der Waals surface area (Å²) in [5.74, 6) is 0. The normalized spacial score (nSPS) is 17.7. The fourth-order valence-corrected chi connectivity index (χ4v) is 3.61. The quantitative estimate of drug-likeness (QED) is 0.849. The lowest BCUT2D eigenvalue weighted by atomic mass is 10.1. The highest BCUT2D eigenvalue weighted by molar-refractivity contribution is 6.30. The lowest BCUT2D eigenvalue weighted by Crippen LogP contribution is -2.48. The summed E-state index contributed by atoms with van der Waals surface area (Å²) < 4.78 is 8.34.